The molecule has 10 nitrogen and oxygen atoms in total. The third kappa shape index (κ3) is 6.02. The fourth-order valence-corrected chi connectivity index (χ4v) is 7.97. The Bertz CT molecular complexity index is 1580. The quantitative estimate of drug-likeness (QED) is 0.466. The Hall–Kier alpha value is -2.42. The Balaban J connectivity index is 1.66. The first-order valence-corrected chi connectivity index (χ1v) is 15.5. The molecule has 1 aliphatic heterocycles. The monoisotopic (exact) mass is 566 g/mol. The molecule has 3 aromatic rings. The van der Waals surface area contributed by atoms with E-state index in [0.29, 0.717) is 41.3 Å². The van der Waals surface area contributed by atoms with Crippen LogP contribution in [0.3, 0.4) is 0 Å². The van der Waals surface area contributed by atoms with Crippen LogP contribution in [-0.2, 0) is 31.3 Å². The summed E-state index contributed by atoms with van der Waals surface area (Å²) in [6.45, 7) is 5.78. The molecule has 0 unspecified atom stereocenters. The van der Waals surface area contributed by atoms with E-state index in [4.69, 9.17) is 9.88 Å². The fourth-order valence-electron chi connectivity index (χ4n) is 4.59. The number of carbonyl (C=O) groups is 1. The Morgan fingerprint density at radius 2 is 1.68 bits per heavy atom. The number of sulfonamides is 2. The van der Waals surface area contributed by atoms with E-state index in [2.05, 4.69) is 4.99 Å². The second-order valence-corrected chi connectivity index (χ2v) is 13.9. The molecule has 37 heavy (non-hydrogen) atoms. The lowest BCUT2D eigenvalue weighted by molar-refractivity contribution is 0.0997. The number of benzene rings is 2. The highest BCUT2D eigenvalue weighted by atomic mass is 32.2. The first-order valence-electron chi connectivity index (χ1n) is 11.7. The van der Waals surface area contributed by atoms with Gasteiger partial charge in [-0.05, 0) is 60.7 Å². The van der Waals surface area contributed by atoms with E-state index < -0.39 is 26.0 Å². The topological polar surface area (TPSA) is 141 Å². The molecular formula is C24H30N4O6S3. The zero-order chi connectivity index (χ0) is 27.0. The average Bonchev–Trinajstić information content (AvgIpc) is 3.17. The van der Waals surface area contributed by atoms with E-state index in [-0.39, 0.29) is 27.2 Å². The van der Waals surface area contributed by atoms with Crippen molar-refractivity contribution in [3.63, 3.8) is 0 Å². The Labute approximate surface area is 220 Å². The van der Waals surface area contributed by atoms with Gasteiger partial charge in [-0.15, -0.1) is 0 Å². The van der Waals surface area contributed by atoms with Crippen LogP contribution in [0.1, 0.15) is 30.6 Å². The van der Waals surface area contributed by atoms with Crippen molar-refractivity contribution in [1.82, 2.24) is 8.87 Å². The lowest BCUT2D eigenvalue weighted by atomic mass is 9.94. The number of nitrogens with zero attached hydrogens (tertiary/aromatic N) is 3. The summed E-state index contributed by atoms with van der Waals surface area (Å²) in [4.78, 5) is 17.7. The number of thiazole rings is 1. The van der Waals surface area contributed by atoms with Crippen molar-refractivity contribution in [1.29, 1.82) is 0 Å². The summed E-state index contributed by atoms with van der Waals surface area (Å²) < 4.78 is 58.9. The van der Waals surface area contributed by atoms with Crippen LogP contribution >= 0.6 is 11.3 Å². The molecule has 4 rings (SSSR count). The number of fused-ring (bicyclic) bond motifs is 1. The van der Waals surface area contributed by atoms with Crippen LogP contribution in [0.5, 0.6) is 0 Å². The number of carbonyl (C=O) groups excluding carboxylic acids is 1. The van der Waals surface area contributed by atoms with Gasteiger partial charge in [0.15, 0.2) is 4.80 Å². The predicted octanol–water partition coefficient (Wildman–Crippen LogP) is 2.40. The Morgan fingerprint density at radius 3 is 2.27 bits per heavy atom. The van der Waals surface area contributed by atoms with Gasteiger partial charge in [-0.3, -0.25) is 4.79 Å². The van der Waals surface area contributed by atoms with Gasteiger partial charge >= 0.3 is 0 Å². The molecule has 0 spiro atoms. The first kappa shape index (κ1) is 27.6. The number of hydrogen-bond acceptors (Lipinski definition) is 7. The van der Waals surface area contributed by atoms with Crippen molar-refractivity contribution in [2.24, 2.45) is 22.0 Å². The highest BCUT2D eigenvalue weighted by Crippen LogP contribution is 2.27. The summed E-state index contributed by atoms with van der Waals surface area (Å²) in [7, 11) is -6.00. The summed E-state index contributed by atoms with van der Waals surface area (Å²) in [6, 6.07) is 10.3. The molecule has 2 atom stereocenters. The van der Waals surface area contributed by atoms with Gasteiger partial charge in [0.25, 0.3) is 5.91 Å². The molecule has 2 N–H and O–H groups in total. The number of amides is 1. The van der Waals surface area contributed by atoms with E-state index in [1.54, 1.807) is 17.7 Å². The van der Waals surface area contributed by atoms with E-state index in [9.17, 15) is 21.6 Å². The van der Waals surface area contributed by atoms with Gasteiger partial charge in [0.2, 0.25) is 20.0 Å². The van der Waals surface area contributed by atoms with Crippen LogP contribution in [0.2, 0.25) is 0 Å². The summed E-state index contributed by atoms with van der Waals surface area (Å²) >= 11 is 1.15. The normalized spacial score (nSPS) is 19.9. The maximum absolute atomic E-state index is 13.1. The van der Waals surface area contributed by atoms with Gasteiger partial charge in [0.1, 0.15) is 0 Å². The molecule has 0 aliphatic carbocycles. The first-order chi connectivity index (χ1) is 17.4. The molecule has 13 heteroatoms. The Morgan fingerprint density at radius 1 is 1.05 bits per heavy atom. The summed E-state index contributed by atoms with van der Waals surface area (Å²) in [6.07, 6.45) is 0.992. The SMILES string of the molecule is COCCn1c(=NC(=O)c2ccc(S(=O)(=O)N3C[C@H](C)C[C@H](C)C3)cc2)sc2cc(S(N)(=O)=O)ccc21. The van der Waals surface area contributed by atoms with E-state index in [0.717, 1.165) is 17.8 Å². The van der Waals surface area contributed by atoms with Crippen molar-refractivity contribution in [3.05, 3.63) is 52.8 Å². The second-order valence-electron chi connectivity index (χ2n) is 9.41. The molecule has 2 heterocycles. The number of primary sulfonamides is 1. The van der Waals surface area contributed by atoms with Gasteiger partial charge in [-0.2, -0.15) is 9.30 Å². The number of ether oxygens (including phenoxy) is 1. The van der Waals surface area contributed by atoms with Crippen molar-refractivity contribution in [2.45, 2.75) is 36.6 Å². The lowest BCUT2D eigenvalue weighted by Crippen LogP contribution is -2.42. The maximum Gasteiger partial charge on any atom is 0.279 e. The van der Waals surface area contributed by atoms with Crippen molar-refractivity contribution < 1.29 is 26.4 Å². The minimum atomic E-state index is -3.89. The minimum Gasteiger partial charge on any atom is -0.383 e. The molecule has 2 aromatic carbocycles. The van der Waals surface area contributed by atoms with Crippen LogP contribution in [0.15, 0.2) is 57.2 Å². The highest BCUT2D eigenvalue weighted by Gasteiger charge is 2.31. The smallest absolute Gasteiger partial charge is 0.279 e. The molecule has 0 saturated carbocycles. The lowest BCUT2D eigenvalue weighted by Gasteiger charge is -2.34. The van der Waals surface area contributed by atoms with E-state index in [1.807, 2.05) is 13.8 Å². The predicted molar refractivity (Wildman–Crippen MR) is 141 cm³/mol. The number of nitrogens with two attached hydrogens (primary N) is 1. The molecule has 1 aromatic heterocycles. The van der Waals surface area contributed by atoms with Crippen LogP contribution in [0, 0.1) is 11.8 Å². The average molecular weight is 567 g/mol. The summed E-state index contributed by atoms with van der Waals surface area (Å²) in [5.74, 6) is 0.0178. The molecular weight excluding hydrogens is 536 g/mol. The largest absolute Gasteiger partial charge is 0.383 e. The molecule has 1 amide bonds. The minimum absolute atomic E-state index is 0.0349. The zero-order valence-corrected chi connectivity index (χ0v) is 23.3. The van der Waals surface area contributed by atoms with E-state index in [1.165, 1.54) is 40.7 Å². The molecule has 1 aliphatic rings. The number of piperidine rings is 1. The van der Waals surface area contributed by atoms with Crippen LogP contribution in [0.25, 0.3) is 10.2 Å². The van der Waals surface area contributed by atoms with Gasteiger partial charge < -0.3 is 9.30 Å². The van der Waals surface area contributed by atoms with Crippen LogP contribution in [0.4, 0.5) is 0 Å². The van der Waals surface area contributed by atoms with Gasteiger partial charge in [0, 0.05) is 32.3 Å². The number of methoxy groups -OCH3 is 1. The Kier molecular flexibility index (Phi) is 8.02. The number of hydrogen-bond donors (Lipinski definition) is 1. The molecule has 0 radical (unpaired) electrons. The third-order valence-corrected chi connectivity index (χ3v) is 10.1. The molecule has 1 fully saturated rings. The van der Waals surface area contributed by atoms with Crippen molar-refractivity contribution >= 4 is 47.5 Å². The summed E-state index contributed by atoms with van der Waals surface area (Å²) in [5, 5.41) is 5.26. The van der Waals surface area contributed by atoms with Gasteiger partial charge in [-0.1, -0.05) is 25.2 Å². The fraction of sp³-hybridized carbons (Fsp3) is 0.417. The van der Waals surface area contributed by atoms with Crippen LogP contribution < -0.4 is 9.94 Å². The second kappa shape index (κ2) is 10.8. The highest BCUT2D eigenvalue weighted by molar-refractivity contribution is 7.89. The van der Waals surface area contributed by atoms with Gasteiger partial charge in [-0.25, -0.2) is 22.0 Å². The molecule has 1 saturated heterocycles. The number of aromatic nitrogens is 1. The van der Waals surface area contributed by atoms with Crippen molar-refractivity contribution in [2.75, 3.05) is 26.8 Å². The van der Waals surface area contributed by atoms with Crippen LogP contribution in [-0.4, -0.2) is 58.4 Å². The molecule has 200 valence electrons. The van der Waals surface area contributed by atoms with Crippen molar-refractivity contribution in [3.8, 4) is 0 Å². The standard InChI is InChI=1S/C24H30N4O6S3/c1-16-12-17(2)15-27(14-16)37(32,33)19-6-4-18(5-7-19)23(29)26-24-28(10-11-34-3)21-9-8-20(36(25,30)31)13-22(21)35-24/h4-9,13,16-17H,10-12,14-15H2,1-3H3,(H2,25,30,31)/t16-,17+. The number of rotatable bonds is 7. The summed E-state index contributed by atoms with van der Waals surface area (Å²) in [5.41, 5.74) is 0.924. The third-order valence-electron chi connectivity index (χ3n) is 6.27. The van der Waals surface area contributed by atoms with Gasteiger partial charge in [0.05, 0.1) is 26.6 Å². The molecule has 0 bridgehead atoms. The van der Waals surface area contributed by atoms with E-state index >= 15 is 0 Å². The maximum atomic E-state index is 13.1. The zero-order valence-electron chi connectivity index (χ0n) is 20.8.